The van der Waals surface area contributed by atoms with Gasteiger partial charge >= 0.3 is 0 Å². The van der Waals surface area contributed by atoms with Crippen LogP contribution in [0.4, 0.5) is 0 Å². The van der Waals surface area contributed by atoms with Gasteiger partial charge in [0, 0.05) is 13.0 Å². The molecule has 0 aliphatic carbocycles. The fourth-order valence-corrected chi connectivity index (χ4v) is 1.91. The topological polar surface area (TPSA) is 58.4 Å². The lowest BCUT2D eigenvalue weighted by Crippen LogP contribution is -2.35. The Hall–Kier alpha value is -1.36. The SMILES string of the molecule is CCc1cnc(CN2CCC(NC)C2=O)o1. The van der Waals surface area contributed by atoms with Crippen LogP contribution in [-0.4, -0.2) is 35.4 Å². The molecule has 5 nitrogen and oxygen atoms in total. The van der Waals surface area contributed by atoms with E-state index < -0.39 is 0 Å². The highest BCUT2D eigenvalue weighted by molar-refractivity contribution is 5.83. The number of likely N-dealkylation sites (tertiary alicyclic amines) is 1. The zero-order chi connectivity index (χ0) is 11.5. The Labute approximate surface area is 94.8 Å². The second-order valence-electron chi connectivity index (χ2n) is 3.96. The van der Waals surface area contributed by atoms with Crippen LogP contribution in [0.1, 0.15) is 25.0 Å². The van der Waals surface area contributed by atoms with E-state index >= 15 is 0 Å². The highest BCUT2D eigenvalue weighted by Gasteiger charge is 2.30. The molecule has 1 amide bonds. The number of aryl methyl sites for hydroxylation is 1. The molecule has 5 heteroatoms. The van der Waals surface area contributed by atoms with Crippen molar-refractivity contribution in [2.45, 2.75) is 32.4 Å². The van der Waals surface area contributed by atoms with Crippen molar-refractivity contribution in [1.82, 2.24) is 15.2 Å². The summed E-state index contributed by atoms with van der Waals surface area (Å²) in [5, 5.41) is 3.00. The van der Waals surface area contributed by atoms with Gasteiger partial charge in [0.25, 0.3) is 0 Å². The highest BCUT2D eigenvalue weighted by Crippen LogP contribution is 2.15. The Balaban J connectivity index is 1.98. The van der Waals surface area contributed by atoms with Crippen LogP contribution in [0.2, 0.25) is 0 Å². The van der Waals surface area contributed by atoms with Crippen molar-refractivity contribution in [3.63, 3.8) is 0 Å². The summed E-state index contributed by atoms with van der Waals surface area (Å²) in [6.07, 6.45) is 3.42. The van der Waals surface area contributed by atoms with Crippen molar-refractivity contribution in [3.05, 3.63) is 17.8 Å². The van der Waals surface area contributed by atoms with Crippen LogP contribution in [0, 0.1) is 0 Å². The number of hydrogen-bond acceptors (Lipinski definition) is 4. The fraction of sp³-hybridized carbons (Fsp3) is 0.636. The molecule has 1 atom stereocenters. The summed E-state index contributed by atoms with van der Waals surface area (Å²) in [6.45, 7) is 3.27. The molecule has 0 bridgehead atoms. The Morgan fingerprint density at radius 3 is 3.06 bits per heavy atom. The van der Waals surface area contributed by atoms with Crippen molar-refractivity contribution >= 4 is 5.91 Å². The number of carbonyl (C=O) groups is 1. The normalized spacial score (nSPS) is 20.8. The Morgan fingerprint density at radius 1 is 1.69 bits per heavy atom. The standard InChI is InChI=1S/C11H17N3O2/c1-3-8-6-13-10(16-8)7-14-5-4-9(12-2)11(14)15/h6,9,12H,3-5,7H2,1-2H3. The first kappa shape index (κ1) is 11.1. The number of amides is 1. The van der Waals surface area contributed by atoms with E-state index in [4.69, 9.17) is 4.42 Å². The molecule has 1 aliphatic rings. The molecule has 0 aromatic carbocycles. The third-order valence-corrected chi connectivity index (χ3v) is 2.92. The number of nitrogens with zero attached hydrogens (tertiary/aromatic N) is 2. The molecule has 1 aromatic heterocycles. The van der Waals surface area contributed by atoms with Crippen LogP contribution in [-0.2, 0) is 17.8 Å². The maximum atomic E-state index is 11.8. The highest BCUT2D eigenvalue weighted by atomic mass is 16.4. The van der Waals surface area contributed by atoms with E-state index in [1.165, 1.54) is 0 Å². The Bertz CT molecular complexity index is 375. The van der Waals surface area contributed by atoms with Crippen molar-refractivity contribution in [2.24, 2.45) is 0 Å². The van der Waals surface area contributed by atoms with Gasteiger partial charge in [-0.1, -0.05) is 6.92 Å². The summed E-state index contributed by atoms with van der Waals surface area (Å²) < 4.78 is 5.49. The summed E-state index contributed by atoms with van der Waals surface area (Å²) in [5.41, 5.74) is 0. The first-order valence-corrected chi connectivity index (χ1v) is 5.64. The van der Waals surface area contributed by atoms with E-state index in [1.54, 1.807) is 11.1 Å². The Kier molecular flexibility index (Phi) is 3.24. The second-order valence-corrected chi connectivity index (χ2v) is 3.96. The fourth-order valence-electron chi connectivity index (χ4n) is 1.91. The zero-order valence-corrected chi connectivity index (χ0v) is 9.69. The van der Waals surface area contributed by atoms with E-state index in [1.807, 2.05) is 14.0 Å². The van der Waals surface area contributed by atoms with Crippen molar-refractivity contribution < 1.29 is 9.21 Å². The monoisotopic (exact) mass is 223 g/mol. The zero-order valence-electron chi connectivity index (χ0n) is 9.69. The van der Waals surface area contributed by atoms with E-state index in [-0.39, 0.29) is 11.9 Å². The van der Waals surface area contributed by atoms with E-state index in [9.17, 15) is 4.79 Å². The maximum Gasteiger partial charge on any atom is 0.240 e. The molecule has 0 radical (unpaired) electrons. The quantitative estimate of drug-likeness (QED) is 0.810. The van der Waals surface area contributed by atoms with Crippen molar-refractivity contribution in [1.29, 1.82) is 0 Å². The average Bonchev–Trinajstić information content (AvgIpc) is 2.88. The predicted molar refractivity (Wildman–Crippen MR) is 58.8 cm³/mol. The minimum Gasteiger partial charge on any atom is -0.444 e. The van der Waals surface area contributed by atoms with Crippen LogP contribution in [0.3, 0.4) is 0 Å². The van der Waals surface area contributed by atoms with Gasteiger partial charge in [-0.15, -0.1) is 0 Å². The van der Waals surface area contributed by atoms with Gasteiger partial charge in [-0.3, -0.25) is 4.79 Å². The Morgan fingerprint density at radius 2 is 2.50 bits per heavy atom. The molecule has 1 aliphatic heterocycles. The van der Waals surface area contributed by atoms with Crippen LogP contribution in [0.5, 0.6) is 0 Å². The molecule has 0 spiro atoms. The first-order chi connectivity index (χ1) is 7.74. The third-order valence-electron chi connectivity index (χ3n) is 2.92. The molecule has 16 heavy (non-hydrogen) atoms. The van der Waals surface area contributed by atoms with Crippen LogP contribution >= 0.6 is 0 Å². The number of hydrogen-bond donors (Lipinski definition) is 1. The molecular weight excluding hydrogens is 206 g/mol. The molecule has 2 rings (SSSR count). The lowest BCUT2D eigenvalue weighted by Gasteiger charge is -2.13. The molecule has 88 valence electrons. The molecule has 1 saturated heterocycles. The summed E-state index contributed by atoms with van der Waals surface area (Å²) in [6, 6.07) is -0.0411. The summed E-state index contributed by atoms with van der Waals surface area (Å²) in [5.74, 6) is 1.63. The van der Waals surface area contributed by atoms with Crippen molar-refractivity contribution in [3.8, 4) is 0 Å². The summed E-state index contributed by atoms with van der Waals surface area (Å²) in [7, 11) is 1.81. The molecular formula is C11H17N3O2. The van der Waals surface area contributed by atoms with Gasteiger partial charge < -0.3 is 14.6 Å². The van der Waals surface area contributed by atoms with Gasteiger partial charge in [0.15, 0.2) is 0 Å². The molecule has 1 unspecified atom stereocenters. The van der Waals surface area contributed by atoms with E-state index in [0.717, 1.165) is 25.1 Å². The molecule has 2 heterocycles. The van der Waals surface area contributed by atoms with Gasteiger partial charge in [-0.25, -0.2) is 4.98 Å². The summed E-state index contributed by atoms with van der Waals surface area (Å²) >= 11 is 0. The second kappa shape index (κ2) is 4.65. The minimum atomic E-state index is -0.0411. The number of aromatic nitrogens is 1. The lowest BCUT2D eigenvalue weighted by atomic mass is 10.3. The number of nitrogens with one attached hydrogen (secondary N) is 1. The maximum absolute atomic E-state index is 11.8. The van der Waals surface area contributed by atoms with E-state index in [0.29, 0.717) is 12.4 Å². The van der Waals surface area contributed by atoms with Crippen LogP contribution < -0.4 is 5.32 Å². The molecule has 0 saturated carbocycles. The molecule has 1 fully saturated rings. The predicted octanol–water partition coefficient (Wildman–Crippen LogP) is 0.557. The minimum absolute atomic E-state index is 0.0411. The van der Waals surface area contributed by atoms with Crippen molar-refractivity contribution in [2.75, 3.05) is 13.6 Å². The smallest absolute Gasteiger partial charge is 0.240 e. The number of rotatable bonds is 4. The number of oxazole rings is 1. The number of carbonyl (C=O) groups excluding carboxylic acids is 1. The van der Waals surface area contributed by atoms with Crippen LogP contribution in [0.25, 0.3) is 0 Å². The largest absolute Gasteiger partial charge is 0.444 e. The number of likely N-dealkylation sites (N-methyl/N-ethyl adjacent to an activating group) is 1. The van der Waals surface area contributed by atoms with Gasteiger partial charge in [0.05, 0.1) is 18.8 Å². The van der Waals surface area contributed by atoms with Crippen LogP contribution in [0.15, 0.2) is 10.6 Å². The molecule has 1 aromatic rings. The third kappa shape index (κ3) is 2.09. The summed E-state index contributed by atoms with van der Waals surface area (Å²) in [4.78, 5) is 17.8. The van der Waals surface area contributed by atoms with Gasteiger partial charge in [-0.2, -0.15) is 0 Å². The van der Waals surface area contributed by atoms with Gasteiger partial charge in [0.1, 0.15) is 5.76 Å². The first-order valence-electron chi connectivity index (χ1n) is 5.64. The van der Waals surface area contributed by atoms with Gasteiger partial charge in [0.2, 0.25) is 11.8 Å². The van der Waals surface area contributed by atoms with Gasteiger partial charge in [-0.05, 0) is 13.5 Å². The van der Waals surface area contributed by atoms with E-state index in [2.05, 4.69) is 10.3 Å². The lowest BCUT2D eigenvalue weighted by molar-refractivity contribution is -0.130. The average molecular weight is 223 g/mol. The molecule has 1 N–H and O–H groups in total.